The number of piperazine rings is 1. The summed E-state index contributed by atoms with van der Waals surface area (Å²) < 4.78 is 5.49. The molecular formula is C22H42N6O2. The highest BCUT2D eigenvalue weighted by Gasteiger charge is 2.39. The lowest BCUT2D eigenvalue weighted by Crippen LogP contribution is -2.59. The molecule has 3 heterocycles. The van der Waals surface area contributed by atoms with E-state index in [1.165, 1.54) is 32.4 Å². The Hall–Kier alpha value is -1.54. The minimum atomic E-state index is -0.467. The molecule has 8 heteroatoms. The molecule has 3 aliphatic rings. The molecule has 0 aromatic carbocycles. The van der Waals surface area contributed by atoms with Crippen molar-refractivity contribution in [3.63, 3.8) is 0 Å². The zero-order valence-corrected chi connectivity index (χ0v) is 19.5. The lowest BCUT2D eigenvalue weighted by molar-refractivity contribution is 0.0179. The van der Waals surface area contributed by atoms with Crippen LogP contribution in [0.5, 0.6) is 0 Å². The number of nitrogens with zero attached hydrogens (tertiary/aromatic N) is 5. The minimum Gasteiger partial charge on any atom is -0.444 e. The maximum absolute atomic E-state index is 12.3. The van der Waals surface area contributed by atoms with E-state index in [1.54, 1.807) is 4.90 Å². The molecule has 3 fully saturated rings. The lowest BCUT2D eigenvalue weighted by atomic mass is 9.84. The third-order valence-electron chi connectivity index (χ3n) is 6.74. The Bertz CT molecular complexity index is 595. The van der Waals surface area contributed by atoms with Crippen LogP contribution in [0, 0.1) is 0 Å². The highest BCUT2D eigenvalue weighted by atomic mass is 16.6. The third kappa shape index (κ3) is 6.00. The second-order valence-electron chi connectivity index (χ2n) is 10.2. The molecule has 0 aliphatic carbocycles. The molecule has 0 unspecified atom stereocenters. The molecule has 0 radical (unpaired) electrons. The van der Waals surface area contributed by atoms with Gasteiger partial charge in [-0.1, -0.05) is 6.42 Å². The summed E-state index contributed by atoms with van der Waals surface area (Å²) in [6.45, 7) is 13.7. The van der Waals surface area contributed by atoms with Gasteiger partial charge in [0.05, 0.1) is 6.54 Å². The van der Waals surface area contributed by atoms with Crippen molar-refractivity contribution in [1.82, 2.24) is 19.6 Å². The molecule has 172 valence electrons. The van der Waals surface area contributed by atoms with Crippen LogP contribution in [-0.2, 0) is 4.74 Å². The number of guanidine groups is 1. The van der Waals surface area contributed by atoms with Gasteiger partial charge in [-0.25, -0.2) is 4.79 Å². The van der Waals surface area contributed by atoms with Gasteiger partial charge in [-0.2, -0.15) is 0 Å². The van der Waals surface area contributed by atoms with Crippen LogP contribution in [0.3, 0.4) is 0 Å². The molecule has 30 heavy (non-hydrogen) atoms. The second-order valence-corrected chi connectivity index (χ2v) is 10.2. The molecule has 0 bridgehead atoms. The average Bonchev–Trinajstić information content (AvgIpc) is 2.73. The predicted octanol–water partition coefficient (Wildman–Crippen LogP) is 1.80. The van der Waals surface area contributed by atoms with E-state index in [0.717, 1.165) is 32.5 Å². The predicted molar refractivity (Wildman–Crippen MR) is 121 cm³/mol. The second kappa shape index (κ2) is 9.73. The van der Waals surface area contributed by atoms with E-state index in [0.29, 0.717) is 32.1 Å². The minimum absolute atomic E-state index is 0.149. The number of carbonyl (C=O) groups excluding carboxylic acids is 1. The molecule has 3 rings (SSSR count). The number of rotatable bonds is 3. The highest BCUT2D eigenvalue weighted by Crippen LogP contribution is 2.31. The first-order valence-corrected chi connectivity index (χ1v) is 11.6. The SMILES string of the molecule is CN1CCC(CN=C(N)N2CCN(C(=O)OC(C)(C)C)CC2)(N2CCCCC2)CC1. The number of piperidine rings is 2. The molecule has 3 saturated heterocycles. The van der Waals surface area contributed by atoms with E-state index >= 15 is 0 Å². The van der Waals surface area contributed by atoms with Gasteiger partial charge in [-0.3, -0.25) is 9.89 Å². The Balaban J connectivity index is 1.57. The first-order valence-electron chi connectivity index (χ1n) is 11.6. The van der Waals surface area contributed by atoms with Crippen LogP contribution in [0.15, 0.2) is 4.99 Å². The fraction of sp³-hybridized carbons (Fsp3) is 0.909. The normalized spacial score (nSPS) is 24.7. The van der Waals surface area contributed by atoms with Gasteiger partial charge < -0.3 is 25.2 Å². The summed E-state index contributed by atoms with van der Waals surface area (Å²) in [5.74, 6) is 0.620. The van der Waals surface area contributed by atoms with E-state index in [-0.39, 0.29) is 11.6 Å². The summed E-state index contributed by atoms with van der Waals surface area (Å²) in [6, 6.07) is 0. The van der Waals surface area contributed by atoms with Gasteiger partial charge in [0, 0.05) is 31.7 Å². The molecule has 0 saturated carbocycles. The third-order valence-corrected chi connectivity index (χ3v) is 6.74. The Kier molecular flexibility index (Phi) is 7.50. The Morgan fingerprint density at radius 2 is 1.50 bits per heavy atom. The summed E-state index contributed by atoms with van der Waals surface area (Å²) >= 11 is 0. The quantitative estimate of drug-likeness (QED) is 0.552. The van der Waals surface area contributed by atoms with Gasteiger partial charge in [0.25, 0.3) is 0 Å². The average molecular weight is 423 g/mol. The summed E-state index contributed by atoms with van der Waals surface area (Å²) in [7, 11) is 2.21. The van der Waals surface area contributed by atoms with Crippen LogP contribution >= 0.6 is 0 Å². The van der Waals surface area contributed by atoms with Gasteiger partial charge in [0.15, 0.2) is 5.96 Å². The van der Waals surface area contributed by atoms with Gasteiger partial charge in [-0.05, 0) is 79.7 Å². The monoisotopic (exact) mass is 422 g/mol. The Morgan fingerprint density at radius 3 is 2.07 bits per heavy atom. The van der Waals surface area contributed by atoms with Crippen molar-refractivity contribution in [2.75, 3.05) is 66.0 Å². The zero-order chi connectivity index (χ0) is 21.8. The van der Waals surface area contributed by atoms with Crippen LogP contribution in [0.4, 0.5) is 4.79 Å². The van der Waals surface area contributed by atoms with Crippen molar-refractivity contribution in [2.45, 2.75) is 64.0 Å². The first-order chi connectivity index (χ1) is 14.2. The van der Waals surface area contributed by atoms with E-state index < -0.39 is 5.60 Å². The summed E-state index contributed by atoms with van der Waals surface area (Å²) in [6.07, 6.45) is 6.01. The first kappa shape index (κ1) is 23.1. The number of likely N-dealkylation sites (tertiary alicyclic amines) is 2. The fourth-order valence-electron chi connectivity index (χ4n) is 4.75. The van der Waals surface area contributed by atoms with Crippen molar-refractivity contribution >= 4 is 12.1 Å². The van der Waals surface area contributed by atoms with Crippen molar-refractivity contribution in [3.05, 3.63) is 0 Å². The fourth-order valence-corrected chi connectivity index (χ4v) is 4.75. The van der Waals surface area contributed by atoms with E-state index in [4.69, 9.17) is 15.5 Å². The van der Waals surface area contributed by atoms with Crippen LogP contribution in [0.25, 0.3) is 0 Å². The van der Waals surface area contributed by atoms with E-state index in [1.807, 2.05) is 20.8 Å². The van der Waals surface area contributed by atoms with E-state index in [2.05, 4.69) is 21.7 Å². The number of ether oxygens (including phenoxy) is 1. The van der Waals surface area contributed by atoms with Crippen LogP contribution < -0.4 is 5.73 Å². The molecule has 0 aromatic rings. The number of amides is 1. The molecule has 3 aliphatic heterocycles. The molecule has 1 amide bonds. The van der Waals surface area contributed by atoms with Gasteiger partial charge in [-0.15, -0.1) is 0 Å². The summed E-state index contributed by atoms with van der Waals surface area (Å²) in [5, 5.41) is 0. The topological polar surface area (TPSA) is 77.6 Å². The Morgan fingerprint density at radius 1 is 0.933 bits per heavy atom. The van der Waals surface area contributed by atoms with Crippen LogP contribution in [0.2, 0.25) is 0 Å². The molecule has 2 N–H and O–H groups in total. The number of nitrogens with two attached hydrogens (primary N) is 1. The van der Waals surface area contributed by atoms with Gasteiger partial charge in [0.2, 0.25) is 0 Å². The highest BCUT2D eigenvalue weighted by molar-refractivity contribution is 5.78. The Labute approximate surface area is 182 Å². The van der Waals surface area contributed by atoms with Gasteiger partial charge >= 0.3 is 6.09 Å². The number of hydrogen-bond donors (Lipinski definition) is 1. The zero-order valence-electron chi connectivity index (χ0n) is 19.5. The van der Waals surface area contributed by atoms with Crippen molar-refractivity contribution < 1.29 is 9.53 Å². The lowest BCUT2D eigenvalue weighted by Gasteiger charge is -2.49. The molecule has 0 aromatic heterocycles. The number of carbonyl (C=O) groups is 1. The largest absolute Gasteiger partial charge is 0.444 e. The van der Waals surface area contributed by atoms with Crippen molar-refractivity contribution in [3.8, 4) is 0 Å². The van der Waals surface area contributed by atoms with Crippen LogP contribution in [0.1, 0.15) is 52.9 Å². The summed E-state index contributed by atoms with van der Waals surface area (Å²) in [5.41, 5.74) is 6.10. The smallest absolute Gasteiger partial charge is 0.410 e. The summed E-state index contributed by atoms with van der Waals surface area (Å²) in [4.78, 5) is 26.2. The van der Waals surface area contributed by atoms with Gasteiger partial charge in [0.1, 0.15) is 5.60 Å². The number of hydrogen-bond acceptors (Lipinski definition) is 5. The van der Waals surface area contributed by atoms with Crippen molar-refractivity contribution in [2.24, 2.45) is 10.7 Å². The molecule has 0 atom stereocenters. The molecular weight excluding hydrogens is 380 g/mol. The van der Waals surface area contributed by atoms with Crippen LogP contribution in [-0.4, -0.2) is 109 Å². The standard InChI is InChI=1S/C22H42N6O2/c1-21(2,3)30-20(29)27-16-14-26(15-17-27)19(23)24-18-22(8-12-25(4)13-9-22)28-10-6-5-7-11-28/h5-18H2,1-4H3,(H2,23,24). The maximum atomic E-state index is 12.3. The maximum Gasteiger partial charge on any atom is 0.410 e. The molecule has 0 spiro atoms. The number of aliphatic imine (C=N–C) groups is 1. The van der Waals surface area contributed by atoms with Crippen molar-refractivity contribution in [1.29, 1.82) is 0 Å². The molecule has 8 nitrogen and oxygen atoms in total. The van der Waals surface area contributed by atoms with E-state index in [9.17, 15) is 4.79 Å².